The number of methoxy groups -OCH3 is 1. The molecular formula is C17H19ClN2O5. The van der Waals surface area contributed by atoms with Crippen LogP contribution < -0.4 is 9.47 Å². The average molecular weight is 367 g/mol. The summed E-state index contributed by atoms with van der Waals surface area (Å²) in [5.41, 5.74) is 0.674. The highest BCUT2D eigenvalue weighted by atomic mass is 35.5. The molecule has 1 heterocycles. The molecule has 0 saturated heterocycles. The molecule has 0 spiro atoms. The predicted molar refractivity (Wildman–Crippen MR) is 91.7 cm³/mol. The number of aromatic nitrogens is 2. The highest BCUT2D eigenvalue weighted by molar-refractivity contribution is 6.32. The summed E-state index contributed by atoms with van der Waals surface area (Å²) in [4.78, 5) is 11.9. The van der Waals surface area contributed by atoms with E-state index >= 15 is 0 Å². The Morgan fingerprint density at radius 1 is 1.40 bits per heavy atom. The predicted octanol–water partition coefficient (Wildman–Crippen LogP) is 3.76. The van der Waals surface area contributed by atoms with Gasteiger partial charge >= 0.3 is 5.97 Å². The highest BCUT2D eigenvalue weighted by Gasteiger charge is 2.16. The van der Waals surface area contributed by atoms with Crippen LogP contribution in [0.3, 0.4) is 0 Å². The maximum absolute atomic E-state index is 11.9. The molecule has 0 aliphatic rings. The van der Waals surface area contributed by atoms with Gasteiger partial charge in [0.2, 0.25) is 5.89 Å². The molecule has 0 aliphatic heterocycles. The summed E-state index contributed by atoms with van der Waals surface area (Å²) in [7, 11) is 1.51. The standard InChI is InChI=1S/C17H19ClN2O5/c1-5-23-14-9-12(8-13(18)16(14)22-4)6-7-15(21)24-10(2)17-20-19-11(3)25-17/h6-10H,5H2,1-4H3/b7-6+. The Morgan fingerprint density at radius 2 is 2.16 bits per heavy atom. The minimum absolute atomic E-state index is 0.241. The monoisotopic (exact) mass is 366 g/mol. The van der Waals surface area contributed by atoms with Gasteiger partial charge < -0.3 is 18.6 Å². The molecule has 0 saturated carbocycles. The van der Waals surface area contributed by atoms with Gasteiger partial charge in [0, 0.05) is 13.0 Å². The van der Waals surface area contributed by atoms with E-state index in [9.17, 15) is 4.79 Å². The van der Waals surface area contributed by atoms with Crippen LogP contribution in [0.25, 0.3) is 6.08 Å². The zero-order valence-electron chi connectivity index (χ0n) is 14.4. The minimum atomic E-state index is -0.642. The summed E-state index contributed by atoms with van der Waals surface area (Å²) >= 11 is 6.17. The molecule has 2 aromatic rings. The number of halogens is 1. The molecule has 0 N–H and O–H groups in total. The molecular weight excluding hydrogens is 348 g/mol. The van der Waals surface area contributed by atoms with Crippen LogP contribution in [0.4, 0.5) is 0 Å². The quantitative estimate of drug-likeness (QED) is 0.545. The van der Waals surface area contributed by atoms with Gasteiger partial charge in [0.1, 0.15) is 0 Å². The first-order valence-corrected chi connectivity index (χ1v) is 8.01. The van der Waals surface area contributed by atoms with Crippen molar-refractivity contribution in [3.05, 3.63) is 40.6 Å². The Balaban J connectivity index is 2.08. The van der Waals surface area contributed by atoms with Gasteiger partial charge in [-0.05, 0) is 37.6 Å². The van der Waals surface area contributed by atoms with Gasteiger partial charge in [0.05, 0.1) is 18.7 Å². The second-order valence-corrected chi connectivity index (χ2v) is 5.45. The van der Waals surface area contributed by atoms with E-state index < -0.39 is 12.1 Å². The number of nitrogens with zero attached hydrogens (tertiary/aromatic N) is 2. The third-order valence-corrected chi connectivity index (χ3v) is 3.41. The van der Waals surface area contributed by atoms with E-state index in [-0.39, 0.29) is 5.89 Å². The number of rotatable bonds is 7. The van der Waals surface area contributed by atoms with Gasteiger partial charge in [-0.2, -0.15) is 0 Å². The van der Waals surface area contributed by atoms with Crippen LogP contribution in [0.15, 0.2) is 22.6 Å². The lowest BCUT2D eigenvalue weighted by atomic mass is 10.2. The third-order valence-electron chi connectivity index (χ3n) is 3.13. The van der Waals surface area contributed by atoms with E-state index in [4.69, 9.17) is 30.2 Å². The van der Waals surface area contributed by atoms with Crippen molar-refractivity contribution in [3.63, 3.8) is 0 Å². The molecule has 7 nitrogen and oxygen atoms in total. The number of benzene rings is 1. The highest BCUT2D eigenvalue weighted by Crippen LogP contribution is 2.36. The third kappa shape index (κ3) is 4.96. The summed E-state index contributed by atoms with van der Waals surface area (Å²) in [6, 6.07) is 3.39. The Kier molecular flexibility index (Phi) is 6.41. The number of hydrogen-bond donors (Lipinski definition) is 0. The summed E-state index contributed by atoms with van der Waals surface area (Å²) in [6.45, 7) is 5.63. The summed E-state index contributed by atoms with van der Waals surface area (Å²) in [5.74, 6) is 1.05. The van der Waals surface area contributed by atoms with E-state index in [0.29, 0.717) is 34.6 Å². The second kappa shape index (κ2) is 8.53. The maximum atomic E-state index is 11.9. The number of ether oxygens (including phenoxy) is 3. The number of hydrogen-bond acceptors (Lipinski definition) is 7. The van der Waals surface area contributed by atoms with Crippen LogP contribution in [0.1, 0.15) is 37.3 Å². The SMILES string of the molecule is CCOc1cc(/C=C/C(=O)OC(C)c2nnc(C)o2)cc(Cl)c1OC. The van der Waals surface area contributed by atoms with Crippen molar-refractivity contribution in [3.8, 4) is 11.5 Å². The normalized spacial score (nSPS) is 12.2. The molecule has 0 amide bonds. The summed E-state index contributed by atoms with van der Waals surface area (Å²) in [6.07, 6.45) is 2.21. The number of carbonyl (C=O) groups excluding carboxylic acids is 1. The lowest BCUT2D eigenvalue weighted by Gasteiger charge is -2.11. The van der Waals surface area contributed by atoms with E-state index in [2.05, 4.69) is 10.2 Å². The van der Waals surface area contributed by atoms with Crippen LogP contribution >= 0.6 is 11.6 Å². The molecule has 1 aromatic carbocycles. The van der Waals surface area contributed by atoms with Crippen LogP contribution in [0.2, 0.25) is 5.02 Å². The Bertz CT molecular complexity index is 772. The first kappa shape index (κ1) is 18.8. The van der Waals surface area contributed by atoms with E-state index in [1.54, 1.807) is 32.1 Å². The lowest BCUT2D eigenvalue weighted by Crippen LogP contribution is -2.06. The molecule has 8 heteroatoms. The van der Waals surface area contributed by atoms with Crippen molar-refractivity contribution in [2.75, 3.05) is 13.7 Å². The van der Waals surface area contributed by atoms with E-state index in [0.717, 1.165) is 0 Å². The van der Waals surface area contributed by atoms with Gasteiger partial charge in [-0.15, -0.1) is 10.2 Å². The topological polar surface area (TPSA) is 83.7 Å². The fourth-order valence-corrected chi connectivity index (χ4v) is 2.35. The molecule has 0 aliphatic carbocycles. The van der Waals surface area contributed by atoms with Gasteiger partial charge in [-0.3, -0.25) is 0 Å². The van der Waals surface area contributed by atoms with Crippen molar-refractivity contribution in [1.29, 1.82) is 0 Å². The van der Waals surface area contributed by atoms with Crippen LogP contribution in [0.5, 0.6) is 11.5 Å². The Hall–Kier alpha value is -2.54. The first-order valence-electron chi connectivity index (χ1n) is 7.63. The van der Waals surface area contributed by atoms with Crippen LogP contribution in [-0.2, 0) is 9.53 Å². The van der Waals surface area contributed by atoms with Gasteiger partial charge in [-0.1, -0.05) is 11.6 Å². The zero-order valence-corrected chi connectivity index (χ0v) is 15.2. The van der Waals surface area contributed by atoms with Crippen molar-refractivity contribution >= 4 is 23.6 Å². The fourth-order valence-electron chi connectivity index (χ4n) is 2.05. The number of carbonyl (C=O) groups is 1. The molecule has 1 unspecified atom stereocenters. The number of aryl methyl sites for hydroxylation is 1. The molecule has 25 heavy (non-hydrogen) atoms. The fraction of sp³-hybridized carbons (Fsp3) is 0.353. The van der Waals surface area contributed by atoms with E-state index in [1.165, 1.54) is 13.2 Å². The molecule has 1 aromatic heterocycles. The second-order valence-electron chi connectivity index (χ2n) is 5.04. The summed E-state index contributed by atoms with van der Waals surface area (Å²) in [5, 5.41) is 7.89. The van der Waals surface area contributed by atoms with Crippen molar-refractivity contribution in [2.45, 2.75) is 26.9 Å². The molecule has 0 fully saturated rings. The lowest BCUT2D eigenvalue weighted by molar-refractivity contribution is -0.143. The van der Waals surface area contributed by atoms with Crippen LogP contribution in [-0.4, -0.2) is 29.9 Å². The smallest absolute Gasteiger partial charge is 0.331 e. The van der Waals surface area contributed by atoms with Crippen molar-refractivity contribution in [2.24, 2.45) is 0 Å². The van der Waals surface area contributed by atoms with Gasteiger partial charge in [0.25, 0.3) is 5.89 Å². The van der Waals surface area contributed by atoms with Gasteiger partial charge in [-0.25, -0.2) is 4.79 Å². The van der Waals surface area contributed by atoms with Gasteiger partial charge in [0.15, 0.2) is 17.6 Å². The zero-order chi connectivity index (χ0) is 18.4. The minimum Gasteiger partial charge on any atom is -0.491 e. The molecule has 1 atom stereocenters. The van der Waals surface area contributed by atoms with Crippen LogP contribution in [0, 0.1) is 6.92 Å². The molecule has 2 rings (SSSR count). The number of esters is 1. The average Bonchev–Trinajstić information content (AvgIpc) is 3.00. The molecule has 0 bridgehead atoms. The van der Waals surface area contributed by atoms with Crippen molar-refractivity contribution < 1.29 is 23.4 Å². The molecule has 0 radical (unpaired) electrons. The Morgan fingerprint density at radius 3 is 2.76 bits per heavy atom. The Labute approximate surface area is 150 Å². The first-order chi connectivity index (χ1) is 11.9. The maximum Gasteiger partial charge on any atom is 0.331 e. The summed E-state index contributed by atoms with van der Waals surface area (Å²) < 4.78 is 21.1. The van der Waals surface area contributed by atoms with E-state index in [1.807, 2.05) is 6.92 Å². The van der Waals surface area contributed by atoms with Crippen molar-refractivity contribution in [1.82, 2.24) is 10.2 Å². The molecule has 134 valence electrons. The largest absolute Gasteiger partial charge is 0.491 e.